The van der Waals surface area contributed by atoms with Crippen molar-refractivity contribution in [3.05, 3.63) is 57.7 Å². The lowest BCUT2D eigenvalue weighted by atomic mass is 10.2. The van der Waals surface area contributed by atoms with E-state index in [1.54, 1.807) is 10.7 Å². The first-order valence-corrected chi connectivity index (χ1v) is 7.03. The Morgan fingerprint density at radius 2 is 1.90 bits per heavy atom. The Labute approximate surface area is 128 Å². The number of esters is 1. The van der Waals surface area contributed by atoms with Crippen LogP contribution in [0.1, 0.15) is 10.4 Å². The summed E-state index contributed by atoms with van der Waals surface area (Å²) in [6.07, 6.45) is 0. The number of hydrogen-bond donors (Lipinski definition) is 0. The molecule has 0 saturated carbocycles. The lowest BCUT2D eigenvalue weighted by Gasteiger charge is -2.06. The van der Waals surface area contributed by atoms with Gasteiger partial charge in [-0.15, -0.1) is 5.10 Å². The van der Waals surface area contributed by atoms with Gasteiger partial charge in [-0.2, -0.15) is 0 Å². The maximum Gasteiger partial charge on any atom is 0.340 e. The molecule has 0 aliphatic heterocycles. The van der Waals surface area contributed by atoms with Crippen LogP contribution >= 0.6 is 22.6 Å². The Bertz CT molecular complexity index is 770. The van der Waals surface area contributed by atoms with Gasteiger partial charge in [0.15, 0.2) is 6.73 Å². The van der Waals surface area contributed by atoms with Gasteiger partial charge < -0.3 is 4.74 Å². The molecule has 20 heavy (non-hydrogen) atoms. The molecule has 3 aromatic rings. The molecule has 0 bridgehead atoms. The van der Waals surface area contributed by atoms with Crippen LogP contribution in [0.25, 0.3) is 11.0 Å². The number of carbonyl (C=O) groups excluding carboxylic acids is 1. The summed E-state index contributed by atoms with van der Waals surface area (Å²) in [5.74, 6) is -0.366. The quantitative estimate of drug-likeness (QED) is 0.519. The Balaban J connectivity index is 1.77. The van der Waals surface area contributed by atoms with E-state index in [4.69, 9.17) is 4.74 Å². The van der Waals surface area contributed by atoms with E-state index >= 15 is 0 Å². The second-order valence-electron chi connectivity index (χ2n) is 4.12. The Morgan fingerprint density at radius 3 is 2.75 bits per heavy atom. The van der Waals surface area contributed by atoms with Crippen molar-refractivity contribution in [1.29, 1.82) is 0 Å². The molecule has 0 aliphatic rings. The summed E-state index contributed by atoms with van der Waals surface area (Å²) >= 11 is 2.11. The summed E-state index contributed by atoms with van der Waals surface area (Å²) < 4.78 is 7.70. The van der Waals surface area contributed by atoms with Crippen molar-refractivity contribution in [2.45, 2.75) is 6.73 Å². The van der Waals surface area contributed by atoms with Gasteiger partial charge in [0.25, 0.3) is 0 Å². The molecule has 5 nitrogen and oxygen atoms in total. The van der Waals surface area contributed by atoms with Gasteiger partial charge >= 0.3 is 5.97 Å². The predicted octanol–water partition coefficient (Wildman–Crippen LogP) is 2.85. The molecule has 0 atom stereocenters. The third kappa shape index (κ3) is 2.51. The lowest BCUT2D eigenvalue weighted by Crippen LogP contribution is -2.12. The molecule has 0 unspecified atom stereocenters. The van der Waals surface area contributed by atoms with Gasteiger partial charge in [-0.3, -0.25) is 0 Å². The van der Waals surface area contributed by atoms with Crippen molar-refractivity contribution >= 4 is 39.6 Å². The molecule has 0 radical (unpaired) electrons. The highest BCUT2D eigenvalue weighted by atomic mass is 127. The van der Waals surface area contributed by atoms with Crippen molar-refractivity contribution < 1.29 is 9.53 Å². The van der Waals surface area contributed by atoms with Crippen LogP contribution in [0.15, 0.2) is 48.5 Å². The number of rotatable bonds is 3. The van der Waals surface area contributed by atoms with Crippen LogP contribution in [-0.2, 0) is 11.5 Å². The lowest BCUT2D eigenvalue weighted by molar-refractivity contribution is 0.0353. The highest BCUT2D eigenvalue weighted by Gasteiger charge is 2.11. The maximum atomic E-state index is 12.0. The van der Waals surface area contributed by atoms with Crippen LogP contribution in [0.3, 0.4) is 0 Å². The second-order valence-corrected chi connectivity index (χ2v) is 5.28. The van der Waals surface area contributed by atoms with Crippen LogP contribution in [0.5, 0.6) is 0 Å². The average Bonchev–Trinajstić information content (AvgIpc) is 2.88. The van der Waals surface area contributed by atoms with E-state index in [1.807, 2.05) is 42.5 Å². The zero-order valence-electron chi connectivity index (χ0n) is 10.4. The van der Waals surface area contributed by atoms with Gasteiger partial charge in [-0.25, -0.2) is 9.48 Å². The van der Waals surface area contributed by atoms with Gasteiger partial charge in [0, 0.05) is 3.57 Å². The van der Waals surface area contributed by atoms with E-state index in [-0.39, 0.29) is 12.7 Å². The first-order chi connectivity index (χ1) is 9.75. The molecule has 0 amide bonds. The van der Waals surface area contributed by atoms with Crippen molar-refractivity contribution in [1.82, 2.24) is 15.0 Å². The third-order valence-corrected chi connectivity index (χ3v) is 3.77. The molecule has 0 spiro atoms. The minimum absolute atomic E-state index is 0.0460. The van der Waals surface area contributed by atoms with Gasteiger partial charge in [0.1, 0.15) is 5.52 Å². The van der Waals surface area contributed by atoms with E-state index < -0.39 is 0 Å². The maximum absolute atomic E-state index is 12.0. The zero-order chi connectivity index (χ0) is 13.9. The monoisotopic (exact) mass is 379 g/mol. The minimum atomic E-state index is -0.366. The van der Waals surface area contributed by atoms with Crippen molar-refractivity contribution in [2.24, 2.45) is 0 Å². The predicted molar refractivity (Wildman–Crippen MR) is 82.1 cm³/mol. The van der Waals surface area contributed by atoms with Crippen LogP contribution in [-0.4, -0.2) is 21.0 Å². The first-order valence-electron chi connectivity index (χ1n) is 5.95. The molecular weight excluding hydrogens is 369 g/mol. The normalized spacial score (nSPS) is 10.7. The summed E-state index contributed by atoms with van der Waals surface area (Å²) in [4.78, 5) is 12.0. The fourth-order valence-electron chi connectivity index (χ4n) is 1.84. The molecule has 0 aliphatic carbocycles. The van der Waals surface area contributed by atoms with Gasteiger partial charge in [-0.05, 0) is 46.9 Å². The highest BCUT2D eigenvalue weighted by Crippen LogP contribution is 2.14. The van der Waals surface area contributed by atoms with Crippen LogP contribution < -0.4 is 0 Å². The van der Waals surface area contributed by atoms with Crippen LogP contribution in [0, 0.1) is 3.57 Å². The number of para-hydroxylation sites is 1. The van der Waals surface area contributed by atoms with Crippen molar-refractivity contribution in [3.63, 3.8) is 0 Å². The number of halogens is 1. The Kier molecular flexibility index (Phi) is 3.64. The SMILES string of the molecule is O=C(OCn1nnc2ccccc21)c1ccccc1I. The van der Waals surface area contributed by atoms with Gasteiger partial charge in [0.05, 0.1) is 11.1 Å². The number of nitrogens with zero attached hydrogens (tertiary/aromatic N) is 3. The summed E-state index contributed by atoms with van der Waals surface area (Å²) in [5, 5.41) is 7.98. The molecule has 0 N–H and O–H groups in total. The summed E-state index contributed by atoms with van der Waals surface area (Å²) in [5.41, 5.74) is 2.17. The molecule has 2 aromatic carbocycles. The van der Waals surface area contributed by atoms with Crippen LogP contribution in [0.4, 0.5) is 0 Å². The summed E-state index contributed by atoms with van der Waals surface area (Å²) in [7, 11) is 0. The van der Waals surface area contributed by atoms with Gasteiger partial charge in [-0.1, -0.05) is 29.5 Å². The number of carbonyl (C=O) groups is 1. The fraction of sp³-hybridized carbons (Fsp3) is 0.0714. The molecule has 6 heteroatoms. The number of hydrogen-bond acceptors (Lipinski definition) is 4. The minimum Gasteiger partial charge on any atom is -0.439 e. The molecule has 1 heterocycles. The smallest absolute Gasteiger partial charge is 0.340 e. The van der Waals surface area contributed by atoms with Crippen molar-refractivity contribution in [3.8, 4) is 0 Å². The Morgan fingerprint density at radius 1 is 1.15 bits per heavy atom. The van der Waals surface area contributed by atoms with E-state index in [9.17, 15) is 4.79 Å². The zero-order valence-corrected chi connectivity index (χ0v) is 12.5. The number of aromatic nitrogens is 3. The van der Waals surface area contributed by atoms with Crippen molar-refractivity contribution in [2.75, 3.05) is 0 Å². The third-order valence-electron chi connectivity index (χ3n) is 2.83. The largest absolute Gasteiger partial charge is 0.439 e. The van der Waals surface area contributed by atoms with Gasteiger partial charge in [0.2, 0.25) is 0 Å². The summed E-state index contributed by atoms with van der Waals surface area (Å²) in [6, 6.07) is 14.8. The number of ether oxygens (including phenoxy) is 1. The van der Waals surface area contributed by atoms with E-state index in [0.717, 1.165) is 14.6 Å². The molecule has 1 aromatic heterocycles. The molecular formula is C14H10IN3O2. The average molecular weight is 379 g/mol. The number of fused-ring (bicyclic) bond motifs is 1. The van der Waals surface area contributed by atoms with E-state index in [1.165, 1.54) is 0 Å². The molecule has 3 rings (SSSR count). The second kappa shape index (κ2) is 5.58. The van der Waals surface area contributed by atoms with E-state index in [2.05, 4.69) is 32.9 Å². The fourth-order valence-corrected chi connectivity index (χ4v) is 2.44. The molecule has 0 fully saturated rings. The topological polar surface area (TPSA) is 57.0 Å². The highest BCUT2D eigenvalue weighted by molar-refractivity contribution is 14.1. The standard InChI is InChI=1S/C14H10IN3O2/c15-11-6-2-1-5-10(11)14(19)20-9-18-13-8-4-3-7-12(13)16-17-18/h1-8H,9H2. The van der Waals surface area contributed by atoms with E-state index in [0.29, 0.717) is 5.56 Å². The first kappa shape index (κ1) is 13.0. The van der Waals surface area contributed by atoms with Crippen LogP contribution in [0.2, 0.25) is 0 Å². The molecule has 100 valence electrons. The number of benzene rings is 2. The molecule has 0 saturated heterocycles. The Hall–Kier alpha value is -1.96. The summed E-state index contributed by atoms with van der Waals surface area (Å²) in [6.45, 7) is 0.0460.